The van der Waals surface area contributed by atoms with E-state index in [-0.39, 0.29) is 5.91 Å². The summed E-state index contributed by atoms with van der Waals surface area (Å²) in [5, 5.41) is 9.09. The van der Waals surface area contributed by atoms with Gasteiger partial charge in [-0.3, -0.25) is 9.48 Å². The molecule has 2 aliphatic heterocycles. The molecule has 0 atom stereocenters. The third-order valence-electron chi connectivity index (χ3n) is 4.71. The van der Waals surface area contributed by atoms with Gasteiger partial charge in [-0.15, -0.1) is 0 Å². The van der Waals surface area contributed by atoms with Gasteiger partial charge < -0.3 is 14.4 Å². The Labute approximate surface area is 155 Å². The van der Waals surface area contributed by atoms with Gasteiger partial charge in [0, 0.05) is 25.7 Å². The first-order valence-corrected chi connectivity index (χ1v) is 8.77. The van der Waals surface area contributed by atoms with Gasteiger partial charge in [-0.05, 0) is 19.1 Å². The van der Waals surface area contributed by atoms with Crippen molar-refractivity contribution in [3.05, 3.63) is 35.8 Å². The van der Waals surface area contributed by atoms with Crippen molar-refractivity contribution in [3.63, 3.8) is 0 Å². The molecule has 1 amide bonds. The standard InChI is InChI=1S/C18H18N6O3/c1-11-19-17(13-10-14-18(25)22(2)5-6-23(14)21-13)24(20-11)12-3-4-15-16(9-12)27-8-7-26-15/h3-4,9-10H,5-8H2,1-2H3. The zero-order valence-electron chi connectivity index (χ0n) is 15.0. The first-order chi connectivity index (χ1) is 13.1. The third kappa shape index (κ3) is 2.54. The van der Waals surface area contributed by atoms with Crippen LogP contribution in [0.3, 0.4) is 0 Å². The van der Waals surface area contributed by atoms with E-state index in [2.05, 4.69) is 15.2 Å². The summed E-state index contributed by atoms with van der Waals surface area (Å²) < 4.78 is 14.7. The van der Waals surface area contributed by atoms with Crippen LogP contribution in [0.4, 0.5) is 0 Å². The molecule has 0 fully saturated rings. The second-order valence-corrected chi connectivity index (χ2v) is 6.59. The predicted octanol–water partition coefficient (Wildman–Crippen LogP) is 1.30. The second-order valence-electron chi connectivity index (χ2n) is 6.59. The van der Waals surface area contributed by atoms with Crippen LogP contribution in [0.15, 0.2) is 24.3 Å². The van der Waals surface area contributed by atoms with Crippen LogP contribution in [0, 0.1) is 6.92 Å². The van der Waals surface area contributed by atoms with Crippen LogP contribution in [0.25, 0.3) is 17.2 Å². The van der Waals surface area contributed by atoms with E-state index in [1.807, 2.05) is 25.1 Å². The number of hydrogen-bond donors (Lipinski definition) is 0. The normalized spacial score (nSPS) is 15.8. The van der Waals surface area contributed by atoms with E-state index in [0.29, 0.717) is 55.1 Å². The van der Waals surface area contributed by atoms with E-state index in [4.69, 9.17) is 9.47 Å². The zero-order chi connectivity index (χ0) is 18.5. The highest BCUT2D eigenvalue weighted by Crippen LogP contribution is 2.33. The molecule has 27 heavy (non-hydrogen) atoms. The SMILES string of the molecule is Cc1nc(-c2cc3n(n2)CCN(C)C3=O)n(-c2ccc3c(c2)OCCO3)n1. The molecule has 0 aliphatic carbocycles. The van der Waals surface area contributed by atoms with Crippen molar-refractivity contribution < 1.29 is 14.3 Å². The minimum atomic E-state index is -0.0397. The summed E-state index contributed by atoms with van der Waals surface area (Å²) in [6.45, 7) is 4.19. The van der Waals surface area contributed by atoms with Gasteiger partial charge in [0.2, 0.25) is 0 Å². The van der Waals surface area contributed by atoms with Gasteiger partial charge in [-0.2, -0.15) is 10.2 Å². The maximum absolute atomic E-state index is 12.4. The Morgan fingerprint density at radius 1 is 1.04 bits per heavy atom. The summed E-state index contributed by atoms with van der Waals surface area (Å²) in [4.78, 5) is 18.6. The van der Waals surface area contributed by atoms with Gasteiger partial charge in [0.05, 0.1) is 12.2 Å². The lowest BCUT2D eigenvalue weighted by Gasteiger charge is -2.22. The fourth-order valence-corrected chi connectivity index (χ4v) is 3.34. The largest absolute Gasteiger partial charge is 0.486 e. The Bertz CT molecular complexity index is 1050. The van der Waals surface area contributed by atoms with Crippen molar-refractivity contribution in [1.82, 2.24) is 29.4 Å². The van der Waals surface area contributed by atoms with Crippen LogP contribution in [0.2, 0.25) is 0 Å². The van der Waals surface area contributed by atoms with E-state index in [1.54, 1.807) is 27.4 Å². The quantitative estimate of drug-likeness (QED) is 0.679. The molecule has 0 bridgehead atoms. The summed E-state index contributed by atoms with van der Waals surface area (Å²) in [5.41, 5.74) is 1.97. The van der Waals surface area contributed by atoms with E-state index in [1.165, 1.54) is 0 Å². The van der Waals surface area contributed by atoms with Crippen molar-refractivity contribution in [2.45, 2.75) is 13.5 Å². The van der Waals surface area contributed by atoms with Crippen LogP contribution >= 0.6 is 0 Å². The highest BCUT2D eigenvalue weighted by atomic mass is 16.6. The summed E-state index contributed by atoms with van der Waals surface area (Å²) in [7, 11) is 1.79. The number of fused-ring (bicyclic) bond motifs is 2. The molecule has 2 aliphatic rings. The second kappa shape index (κ2) is 5.83. The number of nitrogens with zero attached hydrogens (tertiary/aromatic N) is 6. The number of ether oxygens (including phenoxy) is 2. The highest BCUT2D eigenvalue weighted by Gasteiger charge is 2.26. The lowest BCUT2D eigenvalue weighted by atomic mass is 10.2. The first kappa shape index (κ1) is 15.9. The van der Waals surface area contributed by atoms with Crippen LogP contribution in [0.1, 0.15) is 16.3 Å². The van der Waals surface area contributed by atoms with Crippen molar-refractivity contribution in [1.29, 1.82) is 0 Å². The number of benzene rings is 1. The lowest BCUT2D eigenvalue weighted by molar-refractivity contribution is 0.0743. The number of aromatic nitrogens is 5. The van der Waals surface area contributed by atoms with Crippen molar-refractivity contribution in [2.24, 2.45) is 0 Å². The number of carbonyl (C=O) groups is 1. The Hall–Kier alpha value is -3.36. The zero-order valence-corrected chi connectivity index (χ0v) is 15.0. The fourth-order valence-electron chi connectivity index (χ4n) is 3.34. The number of amides is 1. The Balaban J connectivity index is 1.60. The molecular weight excluding hydrogens is 348 g/mol. The fraction of sp³-hybridized carbons (Fsp3) is 0.333. The Morgan fingerprint density at radius 2 is 1.85 bits per heavy atom. The number of likely N-dealkylation sites (N-methyl/N-ethyl adjacent to an activating group) is 1. The molecule has 138 valence electrons. The first-order valence-electron chi connectivity index (χ1n) is 8.77. The van der Waals surface area contributed by atoms with Crippen LogP contribution in [-0.2, 0) is 6.54 Å². The smallest absolute Gasteiger partial charge is 0.271 e. The van der Waals surface area contributed by atoms with Crippen molar-refractivity contribution in [2.75, 3.05) is 26.8 Å². The molecule has 9 nitrogen and oxygen atoms in total. The van der Waals surface area contributed by atoms with Gasteiger partial charge in [-0.25, -0.2) is 9.67 Å². The average Bonchev–Trinajstić information content (AvgIpc) is 3.28. The highest BCUT2D eigenvalue weighted by molar-refractivity contribution is 5.94. The number of aryl methyl sites for hydroxylation is 1. The number of carbonyl (C=O) groups excluding carboxylic acids is 1. The molecule has 0 saturated heterocycles. The Kier molecular flexibility index (Phi) is 3.43. The van der Waals surface area contributed by atoms with Gasteiger partial charge >= 0.3 is 0 Å². The minimum absolute atomic E-state index is 0.0397. The molecule has 1 aromatic carbocycles. The maximum atomic E-state index is 12.4. The van der Waals surface area contributed by atoms with Gasteiger partial charge in [-0.1, -0.05) is 0 Å². The Morgan fingerprint density at radius 3 is 2.70 bits per heavy atom. The van der Waals surface area contributed by atoms with Crippen LogP contribution in [0.5, 0.6) is 11.5 Å². The molecule has 9 heteroatoms. The van der Waals surface area contributed by atoms with Gasteiger partial charge in [0.1, 0.15) is 30.4 Å². The molecular formula is C18H18N6O3. The number of rotatable bonds is 2. The predicted molar refractivity (Wildman–Crippen MR) is 95.3 cm³/mol. The van der Waals surface area contributed by atoms with E-state index in [9.17, 15) is 4.79 Å². The van der Waals surface area contributed by atoms with Crippen molar-refractivity contribution >= 4 is 5.91 Å². The lowest BCUT2D eigenvalue weighted by Crippen LogP contribution is -2.37. The molecule has 5 rings (SSSR count). The van der Waals surface area contributed by atoms with Crippen LogP contribution in [-0.4, -0.2) is 62.2 Å². The van der Waals surface area contributed by atoms with E-state index in [0.717, 1.165) is 11.4 Å². The topological polar surface area (TPSA) is 87.3 Å². The summed E-state index contributed by atoms with van der Waals surface area (Å²) in [6.07, 6.45) is 0. The molecule has 4 heterocycles. The molecule has 0 saturated carbocycles. The molecule has 0 radical (unpaired) electrons. The van der Waals surface area contributed by atoms with E-state index < -0.39 is 0 Å². The summed E-state index contributed by atoms with van der Waals surface area (Å²) >= 11 is 0. The summed E-state index contributed by atoms with van der Waals surface area (Å²) in [5.74, 6) is 2.56. The van der Waals surface area contributed by atoms with E-state index >= 15 is 0 Å². The monoisotopic (exact) mass is 366 g/mol. The molecule has 3 aromatic rings. The molecule has 0 unspecified atom stereocenters. The summed E-state index contributed by atoms with van der Waals surface area (Å²) in [6, 6.07) is 7.42. The molecule has 2 aromatic heterocycles. The number of hydrogen-bond acceptors (Lipinski definition) is 6. The maximum Gasteiger partial charge on any atom is 0.271 e. The van der Waals surface area contributed by atoms with Gasteiger partial charge in [0.25, 0.3) is 5.91 Å². The average molecular weight is 366 g/mol. The van der Waals surface area contributed by atoms with Crippen LogP contribution < -0.4 is 9.47 Å². The molecule has 0 spiro atoms. The molecule has 0 N–H and O–H groups in total. The van der Waals surface area contributed by atoms with Crippen molar-refractivity contribution in [3.8, 4) is 28.7 Å². The van der Waals surface area contributed by atoms with Gasteiger partial charge in [0.15, 0.2) is 17.3 Å². The minimum Gasteiger partial charge on any atom is -0.486 e. The third-order valence-corrected chi connectivity index (χ3v) is 4.71.